The average molecular weight is 328 g/mol. The van der Waals surface area contributed by atoms with Gasteiger partial charge in [0.1, 0.15) is 6.04 Å². The second-order valence-corrected chi connectivity index (χ2v) is 5.01. The van der Waals surface area contributed by atoms with Crippen LogP contribution >= 0.6 is 0 Å². The molecule has 2 aromatic rings. The van der Waals surface area contributed by atoms with E-state index in [2.05, 4.69) is 15.6 Å². The summed E-state index contributed by atoms with van der Waals surface area (Å²) in [5.74, 6) is -0.774. The van der Waals surface area contributed by atoms with Crippen molar-refractivity contribution in [1.29, 1.82) is 0 Å². The topological polar surface area (TPSA) is 114 Å². The van der Waals surface area contributed by atoms with Gasteiger partial charge in [0, 0.05) is 38.0 Å². The molecule has 24 heavy (non-hydrogen) atoms. The molecule has 1 aromatic carbocycles. The van der Waals surface area contributed by atoms with Crippen molar-refractivity contribution in [1.82, 2.24) is 15.6 Å². The first-order chi connectivity index (χ1) is 11.5. The number of rotatable bonds is 6. The molecule has 0 fully saturated rings. The van der Waals surface area contributed by atoms with Gasteiger partial charge in [-0.1, -0.05) is 12.1 Å². The molecule has 0 aliphatic rings. The summed E-state index contributed by atoms with van der Waals surface area (Å²) in [4.78, 5) is 38.2. The van der Waals surface area contributed by atoms with Crippen LogP contribution < -0.4 is 10.6 Å². The Morgan fingerprint density at radius 2 is 1.96 bits per heavy atom. The molecule has 1 atom stereocenters. The highest BCUT2D eigenvalue weighted by Gasteiger charge is 2.21. The fourth-order valence-corrected chi connectivity index (χ4v) is 2.11. The molecule has 0 aliphatic carbocycles. The van der Waals surface area contributed by atoms with Crippen LogP contribution in [0.15, 0.2) is 48.8 Å². The van der Waals surface area contributed by atoms with Crippen LogP contribution in [0, 0.1) is 10.1 Å². The normalized spacial score (nSPS) is 11.4. The van der Waals surface area contributed by atoms with Gasteiger partial charge in [0.05, 0.1) is 10.5 Å². The summed E-state index contributed by atoms with van der Waals surface area (Å²) in [6, 6.07) is 8.26. The number of likely N-dealkylation sites (N-methyl/N-ethyl adjacent to an activating group) is 1. The number of hydrogen-bond acceptors (Lipinski definition) is 5. The van der Waals surface area contributed by atoms with Gasteiger partial charge in [-0.2, -0.15) is 0 Å². The number of pyridine rings is 1. The Hall–Kier alpha value is -3.29. The molecule has 0 saturated heterocycles. The maximum Gasteiger partial charge on any atom is 0.269 e. The minimum atomic E-state index is -0.802. The lowest BCUT2D eigenvalue weighted by atomic mass is 10.0. The Morgan fingerprint density at radius 1 is 1.25 bits per heavy atom. The quantitative estimate of drug-likeness (QED) is 0.608. The maximum absolute atomic E-state index is 12.2. The Labute approximate surface area is 138 Å². The van der Waals surface area contributed by atoms with Crippen LogP contribution in [0.4, 0.5) is 5.69 Å². The molecule has 0 bridgehead atoms. The monoisotopic (exact) mass is 328 g/mol. The SMILES string of the molecule is CNC(=O)[C@H](Cc1ccc([N+](=O)[O-])cc1)NC(=O)c1cccnc1. The second-order valence-electron chi connectivity index (χ2n) is 5.01. The van der Waals surface area contributed by atoms with Crippen molar-refractivity contribution in [2.45, 2.75) is 12.5 Å². The first-order valence-electron chi connectivity index (χ1n) is 7.17. The van der Waals surface area contributed by atoms with E-state index in [1.54, 1.807) is 30.5 Å². The van der Waals surface area contributed by atoms with E-state index in [-0.39, 0.29) is 18.0 Å². The van der Waals surface area contributed by atoms with E-state index in [1.165, 1.54) is 25.4 Å². The van der Waals surface area contributed by atoms with Crippen molar-refractivity contribution in [2.24, 2.45) is 0 Å². The second kappa shape index (κ2) is 7.82. The lowest BCUT2D eigenvalue weighted by molar-refractivity contribution is -0.384. The number of carbonyl (C=O) groups is 2. The number of carbonyl (C=O) groups excluding carboxylic acids is 2. The van der Waals surface area contributed by atoms with Gasteiger partial charge in [-0.15, -0.1) is 0 Å². The molecule has 2 amide bonds. The van der Waals surface area contributed by atoms with Gasteiger partial charge in [-0.05, 0) is 17.7 Å². The zero-order valence-corrected chi connectivity index (χ0v) is 12.9. The minimum absolute atomic E-state index is 0.0327. The molecule has 0 unspecified atom stereocenters. The van der Waals surface area contributed by atoms with E-state index in [1.807, 2.05) is 0 Å². The van der Waals surface area contributed by atoms with E-state index in [4.69, 9.17) is 0 Å². The van der Waals surface area contributed by atoms with Crippen molar-refractivity contribution in [3.05, 3.63) is 70.0 Å². The largest absolute Gasteiger partial charge is 0.357 e. The molecule has 2 rings (SSSR count). The van der Waals surface area contributed by atoms with Crippen LogP contribution in [0.1, 0.15) is 15.9 Å². The number of non-ortho nitro benzene ring substituents is 1. The maximum atomic E-state index is 12.2. The third kappa shape index (κ3) is 4.35. The van der Waals surface area contributed by atoms with Crippen LogP contribution in [0.5, 0.6) is 0 Å². The Morgan fingerprint density at radius 3 is 2.50 bits per heavy atom. The summed E-state index contributed by atoms with van der Waals surface area (Å²) in [6.45, 7) is 0. The van der Waals surface area contributed by atoms with Crippen LogP contribution in [0.3, 0.4) is 0 Å². The molecule has 8 heteroatoms. The first-order valence-corrected chi connectivity index (χ1v) is 7.17. The summed E-state index contributed by atoms with van der Waals surface area (Å²) in [5, 5.41) is 15.8. The van der Waals surface area contributed by atoms with Crippen molar-refractivity contribution in [3.63, 3.8) is 0 Å². The van der Waals surface area contributed by atoms with Crippen molar-refractivity contribution in [2.75, 3.05) is 7.05 Å². The van der Waals surface area contributed by atoms with Crippen LogP contribution in [0.25, 0.3) is 0 Å². The summed E-state index contributed by atoms with van der Waals surface area (Å²) < 4.78 is 0. The minimum Gasteiger partial charge on any atom is -0.357 e. The Kier molecular flexibility index (Phi) is 5.56. The third-order valence-electron chi connectivity index (χ3n) is 3.38. The zero-order chi connectivity index (χ0) is 17.5. The fraction of sp³-hybridized carbons (Fsp3) is 0.188. The smallest absolute Gasteiger partial charge is 0.269 e. The molecule has 124 valence electrons. The van der Waals surface area contributed by atoms with Gasteiger partial charge < -0.3 is 10.6 Å². The van der Waals surface area contributed by atoms with E-state index in [0.717, 1.165) is 0 Å². The van der Waals surface area contributed by atoms with Crippen LogP contribution in [-0.4, -0.2) is 34.8 Å². The van der Waals surface area contributed by atoms with Gasteiger partial charge in [0.2, 0.25) is 5.91 Å². The number of nitrogens with zero attached hydrogens (tertiary/aromatic N) is 2. The fourth-order valence-electron chi connectivity index (χ4n) is 2.11. The molecule has 1 heterocycles. The van der Waals surface area contributed by atoms with Gasteiger partial charge >= 0.3 is 0 Å². The first kappa shape index (κ1) is 17.1. The molecule has 0 spiro atoms. The van der Waals surface area contributed by atoms with E-state index in [0.29, 0.717) is 11.1 Å². The van der Waals surface area contributed by atoms with Gasteiger partial charge in [-0.25, -0.2) is 0 Å². The molecule has 0 saturated carbocycles. The highest BCUT2D eigenvalue weighted by molar-refractivity contribution is 5.97. The summed E-state index contributed by atoms with van der Waals surface area (Å²) in [5.41, 5.74) is 1.01. The standard InChI is InChI=1S/C16H16N4O4/c1-17-16(22)14(19-15(21)12-3-2-8-18-10-12)9-11-4-6-13(7-5-11)20(23)24/h2-8,10,14H,9H2,1H3,(H,17,22)(H,19,21)/t14-/m0/s1. The van der Waals surface area contributed by atoms with Crippen molar-refractivity contribution < 1.29 is 14.5 Å². The molecule has 8 nitrogen and oxygen atoms in total. The molecule has 1 aromatic heterocycles. The lowest BCUT2D eigenvalue weighted by Crippen LogP contribution is -2.47. The number of benzene rings is 1. The van der Waals surface area contributed by atoms with Crippen LogP contribution in [0.2, 0.25) is 0 Å². The van der Waals surface area contributed by atoms with E-state index >= 15 is 0 Å². The number of hydrogen-bond donors (Lipinski definition) is 2. The average Bonchev–Trinajstić information content (AvgIpc) is 2.61. The summed E-state index contributed by atoms with van der Waals surface area (Å²) >= 11 is 0. The Bertz CT molecular complexity index is 732. The van der Waals surface area contributed by atoms with E-state index < -0.39 is 16.9 Å². The molecular formula is C16H16N4O4. The summed E-state index contributed by atoms with van der Waals surface area (Å²) in [7, 11) is 1.47. The van der Waals surface area contributed by atoms with Gasteiger partial charge in [0.25, 0.3) is 11.6 Å². The van der Waals surface area contributed by atoms with Crippen molar-refractivity contribution >= 4 is 17.5 Å². The molecule has 2 N–H and O–H groups in total. The van der Waals surface area contributed by atoms with Crippen LogP contribution in [-0.2, 0) is 11.2 Å². The number of nitrogens with one attached hydrogen (secondary N) is 2. The Balaban J connectivity index is 2.12. The van der Waals surface area contributed by atoms with E-state index in [9.17, 15) is 19.7 Å². The molecular weight excluding hydrogens is 312 g/mol. The summed E-state index contributed by atoms with van der Waals surface area (Å²) in [6.07, 6.45) is 3.16. The third-order valence-corrected chi connectivity index (χ3v) is 3.38. The predicted molar refractivity (Wildman–Crippen MR) is 86.4 cm³/mol. The van der Waals surface area contributed by atoms with Gasteiger partial charge in [0.15, 0.2) is 0 Å². The zero-order valence-electron chi connectivity index (χ0n) is 12.9. The number of nitro benzene ring substituents is 1. The number of nitro groups is 1. The highest BCUT2D eigenvalue weighted by Crippen LogP contribution is 2.13. The number of aromatic nitrogens is 1. The number of amides is 2. The molecule has 0 aliphatic heterocycles. The highest BCUT2D eigenvalue weighted by atomic mass is 16.6. The van der Waals surface area contributed by atoms with Crippen molar-refractivity contribution in [3.8, 4) is 0 Å². The lowest BCUT2D eigenvalue weighted by Gasteiger charge is -2.17. The molecule has 0 radical (unpaired) electrons. The predicted octanol–water partition coefficient (Wildman–Crippen LogP) is 1.08. The van der Waals surface area contributed by atoms with Gasteiger partial charge in [-0.3, -0.25) is 24.7 Å².